The predicted octanol–water partition coefficient (Wildman–Crippen LogP) is 4.70. The van der Waals surface area contributed by atoms with Gasteiger partial charge in [-0.3, -0.25) is 9.59 Å². The minimum atomic E-state index is -0.852. The average Bonchev–Trinajstić information content (AvgIpc) is 2.94. The van der Waals surface area contributed by atoms with Crippen molar-refractivity contribution in [3.63, 3.8) is 0 Å². The molecule has 0 bridgehead atoms. The smallest absolute Gasteiger partial charge is 0.316 e. The first-order chi connectivity index (χ1) is 15.4. The summed E-state index contributed by atoms with van der Waals surface area (Å²) in [6.07, 6.45) is 0.543. The average molecular weight is 501 g/mol. The molecule has 0 saturated carbocycles. The lowest BCUT2D eigenvalue weighted by Gasteiger charge is -2.32. The summed E-state index contributed by atoms with van der Waals surface area (Å²) in [5.74, 6) is -0.697. The Morgan fingerprint density at radius 2 is 1.81 bits per heavy atom. The molecule has 0 aromatic heterocycles. The lowest BCUT2D eigenvalue weighted by molar-refractivity contribution is -0.151. The zero-order chi connectivity index (χ0) is 23.0. The third-order valence-electron chi connectivity index (χ3n) is 6.01. The topological polar surface area (TPSA) is 85.9 Å². The van der Waals surface area contributed by atoms with E-state index in [1.165, 1.54) is 7.11 Å². The molecule has 7 nitrogen and oxygen atoms in total. The molecule has 0 amide bonds. The van der Waals surface area contributed by atoms with Crippen molar-refractivity contribution in [2.75, 3.05) is 32.0 Å². The summed E-state index contributed by atoms with van der Waals surface area (Å²) in [5.41, 5.74) is 3.85. The number of allylic oxidation sites excluding steroid dienone is 1. The first kappa shape index (κ1) is 22.2. The van der Waals surface area contributed by atoms with Gasteiger partial charge in [0.2, 0.25) is 0 Å². The molecule has 4 rings (SSSR count). The van der Waals surface area contributed by atoms with E-state index in [2.05, 4.69) is 26.6 Å². The second-order valence-corrected chi connectivity index (χ2v) is 8.78. The van der Waals surface area contributed by atoms with E-state index in [1.807, 2.05) is 43.3 Å². The Morgan fingerprint density at radius 1 is 1.09 bits per heavy atom. The minimum Gasteiger partial charge on any atom is -0.493 e. The lowest BCUT2D eigenvalue weighted by atomic mass is 9.75. The molecule has 1 aliphatic heterocycles. The van der Waals surface area contributed by atoms with Crippen LogP contribution in [0, 0.1) is 11.8 Å². The Labute approximate surface area is 195 Å². The van der Waals surface area contributed by atoms with E-state index < -0.39 is 17.9 Å². The van der Waals surface area contributed by atoms with Crippen LogP contribution >= 0.6 is 15.9 Å². The fourth-order valence-electron chi connectivity index (χ4n) is 4.49. The van der Waals surface area contributed by atoms with Gasteiger partial charge in [0.1, 0.15) is 5.92 Å². The Morgan fingerprint density at radius 3 is 2.47 bits per heavy atom. The van der Waals surface area contributed by atoms with E-state index in [1.54, 1.807) is 14.2 Å². The van der Waals surface area contributed by atoms with Crippen LogP contribution in [0.25, 0.3) is 0 Å². The highest BCUT2D eigenvalue weighted by Gasteiger charge is 2.44. The van der Waals surface area contributed by atoms with Gasteiger partial charge in [0.05, 0.1) is 43.2 Å². The van der Waals surface area contributed by atoms with Gasteiger partial charge in [0, 0.05) is 11.3 Å². The highest BCUT2D eigenvalue weighted by atomic mass is 79.9. The van der Waals surface area contributed by atoms with E-state index in [-0.39, 0.29) is 11.7 Å². The van der Waals surface area contributed by atoms with Crippen molar-refractivity contribution in [2.24, 2.45) is 11.8 Å². The molecular weight excluding hydrogens is 476 g/mol. The zero-order valence-corrected chi connectivity index (χ0v) is 19.9. The number of Topliss-reactive ketones (excluding diaryl/α,β-unsaturated/α-hetero) is 1. The van der Waals surface area contributed by atoms with Gasteiger partial charge in [-0.2, -0.15) is 0 Å². The number of hydrogen-bond donors (Lipinski definition) is 2. The van der Waals surface area contributed by atoms with Gasteiger partial charge in [-0.25, -0.2) is 0 Å². The maximum absolute atomic E-state index is 13.7. The fraction of sp³-hybridized carbons (Fsp3) is 0.333. The lowest BCUT2D eigenvalue weighted by Crippen LogP contribution is -2.39. The number of carbonyl (C=O) groups is 2. The van der Waals surface area contributed by atoms with Gasteiger partial charge < -0.3 is 24.8 Å². The summed E-state index contributed by atoms with van der Waals surface area (Å²) in [6, 6.07) is 11.0. The van der Waals surface area contributed by atoms with Crippen molar-refractivity contribution in [2.45, 2.75) is 19.4 Å². The Bertz CT molecular complexity index is 1110. The molecule has 0 fully saturated rings. The number of halogens is 1. The van der Waals surface area contributed by atoms with E-state index >= 15 is 0 Å². The molecule has 0 saturated heterocycles. The van der Waals surface area contributed by atoms with Crippen molar-refractivity contribution in [3.8, 4) is 11.5 Å². The number of carbonyl (C=O) groups excluding carboxylic acids is 2. The summed E-state index contributed by atoms with van der Waals surface area (Å²) >= 11 is 3.55. The Balaban J connectivity index is 1.91. The van der Waals surface area contributed by atoms with E-state index in [0.29, 0.717) is 28.0 Å². The molecule has 2 aliphatic rings. The number of nitrogens with one attached hydrogen (secondary N) is 2. The van der Waals surface area contributed by atoms with Gasteiger partial charge in [0.25, 0.3) is 0 Å². The van der Waals surface area contributed by atoms with E-state index in [4.69, 9.17) is 14.2 Å². The molecule has 1 heterocycles. The largest absolute Gasteiger partial charge is 0.493 e. The van der Waals surface area contributed by atoms with Crippen molar-refractivity contribution in [1.82, 2.24) is 0 Å². The quantitative estimate of drug-likeness (QED) is 0.464. The monoisotopic (exact) mass is 500 g/mol. The molecule has 168 valence electrons. The van der Waals surface area contributed by atoms with Crippen LogP contribution in [0.15, 0.2) is 52.1 Å². The summed E-state index contributed by atoms with van der Waals surface area (Å²) in [7, 11) is 4.45. The number of anilines is 2. The number of fused-ring (bicyclic) bond motifs is 1. The molecule has 0 spiro atoms. The summed E-state index contributed by atoms with van der Waals surface area (Å²) < 4.78 is 16.6. The number of rotatable bonds is 4. The highest BCUT2D eigenvalue weighted by molar-refractivity contribution is 9.10. The molecule has 2 N–H and O–H groups in total. The summed E-state index contributed by atoms with van der Waals surface area (Å²) in [4.78, 5) is 26.2. The number of para-hydroxylation sites is 2. The standard InChI is InChI=1S/C24H25BrN2O5/c1-12-9-17-20(22(28)19(12)24(29)32-4)21(27-16-8-6-5-7-15(16)26-17)13-10-14(25)23(31-3)18(11-13)30-2/h5-8,10-12,19,21,26-27H,9H2,1-4H3/t12-,19+,21+/m0/s1. The molecule has 3 atom stereocenters. The molecule has 8 heteroatoms. The normalized spacial score (nSPS) is 22.0. The van der Waals surface area contributed by atoms with Gasteiger partial charge in [-0.1, -0.05) is 19.1 Å². The molecular formula is C24H25BrN2O5. The van der Waals surface area contributed by atoms with Crippen LogP contribution < -0.4 is 20.1 Å². The van der Waals surface area contributed by atoms with Crippen LogP contribution in [0.5, 0.6) is 11.5 Å². The fourth-order valence-corrected chi connectivity index (χ4v) is 5.11. The number of methoxy groups -OCH3 is 3. The summed E-state index contributed by atoms with van der Waals surface area (Å²) in [5, 5.41) is 6.94. The molecule has 1 aliphatic carbocycles. The first-order valence-corrected chi connectivity index (χ1v) is 11.1. The third kappa shape index (κ3) is 3.72. The molecule has 2 aromatic carbocycles. The van der Waals surface area contributed by atoms with Crippen LogP contribution in [0.1, 0.15) is 24.9 Å². The van der Waals surface area contributed by atoms with Crippen LogP contribution in [-0.4, -0.2) is 33.1 Å². The van der Waals surface area contributed by atoms with Gasteiger partial charge in [0.15, 0.2) is 17.3 Å². The van der Waals surface area contributed by atoms with Crippen LogP contribution in [0.2, 0.25) is 0 Å². The zero-order valence-electron chi connectivity index (χ0n) is 18.3. The number of esters is 1. The molecule has 2 aromatic rings. The van der Waals surface area contributed by atoms with Crippen molar-refractivity contribution >= 4 is 39.1 Å². The summed E-state index contributed by atoms with van der Waals surface area (Å²) in [6.45, 7) is 1.90. The maximum atomic E-state index is 13.7. The van der Waals surface area contributed by atoms with Crippen LogP contribution in [0.4, 0.5) is 11.4 Å². The molecule has 0 radical (unpaired) electrons. The van der Waals surface area contributed by atoms with Crippen molar-refractivity contribution < 1.29 is 23.8 Å². The minimum absolute atomic E-state index is 0.191. The van der Waals surface area contributed by atoms with Gasteiger partial charge >= 0.3 is 5.97 Å². The second kappa shape index (κ2) is 8.86. The third-order valence-corrected chi connectivity index (χ3v) is 6.60. The molecule has 32 heavy (non-hydrogen) atoms. The van der Waals surface area contributed by atoms with Gasteiger partial charge in [-0.05, 0) is 58.1 Å². The predicted molar refractivity (Wildman–Crippen MR) is 125 cm³/mol. The van der Waals surface area contributed by atoms with Crippen molar-refractivity contribution in [3.05, 3.63) is 57.7 Å². The second-order valence-electron chi connectivity index (χ2n) is 7.92. The van der Waals surface area contributed by atoms with Crippen LogP contribution in [0.3, 0.4) is 0 Å². The van der Waals surface area contributed by atoms with E-state index in [0.717, 1.165) is 22.6 Å². The number of benzene rings is 2. The van der Waals surface area contributed by atoms with E-state index in [9.17, 15) is 9.59 Å². The number of ketones is 1. The van der Waals surface area contributed by atoms with Crippen molar-refractivity contribution in [1.29, 1.82) is 0 Å². The Kier molecular flexibility index (Phi) is 6.15. The first-order valence-electron chi connectivity index (χ1n) is 10.3. The highest BCUT2D eigenvalue weighted by Crippen LogP contribution is 2.46. The molecule has 0 unspecified atom stereocenters. The van der Waals surface area contributed by atoms with Gasteiger partial charge in [-0.15, -0.1) is 0 Å². The SMILES string of the molecule is COC(=O)[C@H]1C(=O)C2=C(C[C@@H]1C)Nc1ccccc1N[C@@H]2c1cc(Br)c(OC)c(OC)c1. The Hall–Kier alpha value is -3.00. The number of ether oxygens (including phenoxy) is 3. The van der Waals surface area contributed by atoms with Crippen LogP contribution in [-0.2, 0) is 14.3 Å². The maximum Gasteiger partial charge on any atom is 0.316 e. The number of hydrogen-bond acceptors (Lipinski definition) is 7.